The Balaban J connectivity index is 2.05. The lowest BCUT2D eigenvalue weighted by molar-refractivity contribution is 0.521. The largest absolute Gasteiger partial charge is 0.314 e. The number of rotatable bonds is 6. The van der Waals surface area contributed by atoms with Gasteiger partial charge in [0.2, 0.25) is 0 Å². The number of hydrogen-bond acceptors (Lipinski definition) is 1. The third kappa shape index (κ3) is 4.77. The molecular formula is C18H22BrN. The zero-order valence-corrected chi connectivity index (χ0v) is 13.8. The monoisotopic (exact) mass is 331 g/mol. The van der Waals surface area contributed by atoms with Gasteiger partial charge in [0, 0.05) is 10.5 Å². The highest BCUT2D eigenvalue weighted by Gasteiger charge is 2.09. The van der Waals surface area contributed by atoms with Crippen molar-refractivity contribution >= 4 is 15.9 Å². The molecule has 0 heterocycles. The molecule has 0 fully saturated rings. The third-order valence-corrected chi connectivity index (χ3v) is 3.98. The maximum Gasteiger partial charge on any atom is 0.0175 e. The summed E-state index contributed by atoms with van der Waals surface area (Å²) in [6.45, 7) is 5.33. The van der Waals surface area contributed by atoms with Crippen molar-refractivity contribution in [2.24, 2.45) is 0 Å². The molecule has 1 atom stereocenters. The average molecular weight is 332 g/mol. The third-order valence-electron chi connectivity index (χ3n) is 3.45. The van der Waals surface area contributed by atoms with Gasteiger partial charge in [0.1, 0.15) is 0 Å². The molecule has 2 heteroatoms. The van der Waals surface area contributed by atoms with Crippen LogP contribution in [0.15, 0.2) is 53.0 Å². The molecule has 1 N–H and O–H groups in total. The molecule has 0 aliphatic carbocycles. The van der Waals surface area contributed by atoms with Crippen molar-refractivity contribution in [2.75, 3.05) is 6.54 Å². The Morgan fingerprint density at radius 1 is 1.00 bits per heavy atom. The maximum atomic E-state index is 3.60. The molecule has 0 bridgehead atoms. The second kappa shape index (κ2) is 7.61. The molecule has 0 saturated heterocycles. The second-order valence-electron chi connectivity index (χ2n) is 5.28. The van der Waals surface area contributed by atoms with Gasteiger partial charge < -0.3 is 5.32 Å². The van der Waals surface area contributed by atoms with E-state index in [4.69, 9.17) is 0 Å². The molecule has 1 nitrogen and oxygen atoms in total. The van der Waals surface area contributed by atoms with Crippen molar-refractivity contribution < 1.29 is 0 Å². The Morgan fingerprint density at radius 3 is 2.35 bits per heavy atom. The first-order valence-electron chi connectivity index (χ1n) is 7.20. The van der Waals surface area contributed by atoms with Crippen molar-refractivity contribution in [3.63, 3.8) is 0 Å². The van der Waals surface area contributed by atoms with Crippen molar-refractivity contribution in [3.8, 4) is 0 Å². The van der Waals surface area contributed by atoms with E-state index in [2.05, 4.69) is 83.6 Å². The molecule has 20 heavy (non-hydrogen) atoms. The zero-order chi connectivity index (χ0) is 14.4. The number of likely N-dealkylation sites (N-methyl/N-ethyl adjacent to an activating group) is 1. The molecule has 0 aliphatic rings. The SMILES string of the molecule is CCNC(Cc1ccc(Br)cc1)Cc1cccc(C)c1. The number of halogens is 1. The Kier molecular flexibility index (Phi) is 5.81. The number of aryl methyl sites for hydroxylation is 1. The summed E-state index contributed by atoms with van der Waals surface area (Å²) in [6.07, 6.45) is 2.14. The molecule has 2 aromatic carbocycles. The van der Waals surface area contributed by atoms with E-state index in [1.807, 2.05) is 0 Å². The van der Waals surface area contributed by atoms with E-state index >= 15 is 0 Å². The van der Waals surface area contributed by atoms with Crippen LogP contribution >= 0.6 is 15.9 Å². The fourth-order valence-corrected chi connectivity index (χ4v) is 2.80. The molecule has 2 aromatic rings. The first kappa shape index (κ1) is 15.3. The van der Waals surface area contributed by atoms with Gasteiger partial charge in [0.15, 0.2) is 0 Å². The van der Waals surface area contributed by atoms with Gasteiger partial charge in [-0.15, -0.1) is 0 Å². The lowest BCUT2D eigenvalue weighted by Crippen LogP contribution is -2.33. The minimum Gasteiger partial charge on any atom is -0.314 e. The first-order chi connectivity index (χ1) is 9.67. The average Bonchev–Trinajstić information content (AvgIpc) is 2.42. The van der Waals surface area contributed by atoms with Crippen LogP contribution in [0.5, 0.6) is 0 Å². The molecule has 2 rings (SSSR count). The highest BCUT2D eigenvalue weighted by molar-refractivity contribution is 9.10. The highest BCUT2D eigenvalue weighted by atomic mass is 79.9. The van der Waals surface area contributed by atoms with Crippen LogP contribution in [0.4, 0.5) is 0 Å². The summed E-state index contributed by atoms with van der Waals surface area (Å²) in [5.74, 6) is 0. The standard InChI is InChI=1S/C18H22BrN/c1-3-20-18(12-15-7-9-17(19)10-8-15)13-16-6-4-5-14(2)11-16/h4-11,18,20H,3,12-13H2,1-2H3. The maximum absolute atomic E-state index is 3.60. The van der Waals surface area contributed by atoms with Crippen LogP contribution in [0, 0.1) is 6.92 Å². The minimum absolute atomic E-state index is 0.489. The van der Waals surface area contributed by atoms with Crippen LogP contribution < -0.4 is 5.32 Å². The van der Waals surface area contributed by atoms with Gasteiger partial charge in [0.05, 0.1) is 0 Å². The number of benzene rings is 2. The predicted octanol–water partition coefficient (Wildman–Crippen LogP) is 4.52. The molecule has 0 radical (unpaired) electrons. The van der Waals surface area contributed by atoms with E-state index in [9.17, 15) is 0 Å². The van der Waals surface area contributed by atoms with E-state index in [1.54, 1.807) is 0 Å². The second-order valence-corrected chi connectivity index (χ2v) is 6.19. The molecule has 0 aliphatic heterocycles. The summed E-state index contributed by atoms with van der Waals surface area (Å²) in [4.78, 5) is 0. The minimum atomic E-state index is 0.489. The van der Waals surface area contributed by atoms with Gasteiger partial charge in [-0.2, -0.15) is 0 Å². The van der Waals surface area contributed by atoms with Crippen LogP contribution in [0.2, 0.25) is 0 Å². The summed E-state index contributed by atoms with van der Waals surface area (Å²) >= 11 is 3.49. The lowest BCUT2D eigenvalue weighted by Gasteiger charge is -2.18. The normalized spacial score (nSPS) is 12.3. The van der Waals surface area contributed by atoms with Gasteiger partial charge >= 0.3 is 0 Å². The van der Waals surface area contributed by atoms with Crippen LogP contribution in [-0.4, -0.2) is 12.6 Å². The Labute approximate surface area is 130 Å². The van der Waals surface area contributed by atoms with Crippen molar-refractivity contribution in [1.29, 1.82) is 0 Å². The zero-order valence-electron chi connectivity index (χ0n) is 12.2. The fourth-order valence-electron chi connectivity index (χ4n) is 2.53. The van der Waals surface area contributed by atoms with Crippen LogP contribution in [0.25, 0.3) is 0 Å². The summed E-state index contributed by atoms with van der Waals surface area (Å²) in [6, 6.07) is 17.9. The lowest BCUT2D eigenvalue weighted by atomic mass is 9.98. The quantitative estimate of drug-likeness (QED) is 0.820. The smallest absolute Gasteiger partial charge is 0.0175 e. The molecule has 0 aromatic heterocycles. The van der Waals surface area contributed by atoms with E-state index < -0.39 is 0 Å². The van der Waals surface area contributed by atoms with Crippen molar-refractivity contribution in [3.05, 3.63) is 69.7 Å². The molecule has 106 valence electrons. The summed E-state index contributed by atoms with van der Waals surface area (Å²) in [5.41, 5.74) is 4.13. The molecule has 0 amide bonds. The van der Waals surface area contributed by atoms with Gasteiger partial charge in [-0.05, 0) is 49.6 Å². The van der Waals surface area contributed by atoms with Gasteiger partial charge in [0.25, 0.3) is 0 Å². The van der Waals surface area contributed by atoms with E-state index in [-0.39, 0.29) is 0 Å². The predicted molar refractivity (Wildman–Crippen MR) is 90.2 cm³/mol. The Morgan fingerprint density at radius 2 is 1.70 bits per heavy atom. The van der Waals surface area contributed by atoms with Crippen molar-refractivity contribution in [1.82, 2.24) is 5.32 Å². The molecule has 1 unspecified atom stereocenters. The summed E-state index contributed by atoms with van der Waals surface area (Å²) < 4.78 is 1.14. The Hall–Kier alpha value is -1.12. The van der Waals surface area contributed by atoms with E-state index in [1.165, 1.54) is 16.7 Å². The van der Waals surface area contributed by atoms with Crippen LogP contribution in [0.3, 0.4) is 0 Å². The topological polar surface area (TPSA) is 12.0 Å². The van der Waals surface area contributed by atoms with Crippen LogP contribution in [-0.2, 0) is 12.8 Å². The summed E-state index contributed by atoms with van der Waals surface area (Å²) in [7, 11) is 0. The van der Waals surface area contributed by atoms with Gasteiger partial charge in [-0.3, -0.25) is 0 Å². The van der Waals surface area contributed by atoms with E-state index in [0.717, 1.165) is 23.9 Å². The molecule has 0 saturated carbocycles. The fraction of sp³-hybridized carbons (Fsp3) is 0.333. The summed E-state index contributed by atoms with van der Waals surface area (Å²) in [5, 5.41) is 3.60. The number of hydrogen-bond donors (Lipinski definition) is 1. The first-order valence-corrected chi connectivity index (χ1v) is 8.00. The van der Waals surface area contributed by atoms with E-state index in [0.29, 0.717) is 6.04 Å². The van der Waals surface area contributed by atoms with Gasteiger partial charge in [-0.1, -0.05) is 64.8 Å². The van der Waals surface area contributed by atoms with Gasteiger partial charge in [-0.25, -0.2) is 0 Å². The molecular weight excluding hydrogens is 310 g/mol. The van der Waals surface area contributed by atoms with Crippen LogP contribution in [0.1, 0.15) is 23.6 Å². The Bertz CT molecular complexity index is 533. The highest BCUT2D eigenvalue weighted by Crippen LogP contribution is 2.14. The number of nitrogens with one attached hydrogen (secondary N) is 1. The van der Waals surface area contributed by atoms with Crippen molar-refractivity contribution in [2.45, 2.75) is 32.7 Å². The molecule has 0 spiro atoms.